The molecule has 0 saturated heterocycles. The van der Waals surface area contributed by atoms with Crippen molar-refractivity contribution in [3.63, 3.8) is 0 Å². The highest BCUT2D eigenvalue weighted by atomic mass is 32.1. The van der Waals surface area contributed by atoms with Crippen molar-refractivity contribution in [3.05, 3.63) is 21.4 Å². The summed E-state index contributed by atoms with van der Waals surface area (Å²) in [6, 6.07) is 1.92. The molecule has 5 heteroatoms. The van der Waals surface area contributed by atoms with Gasteiger partial charge in [0.15, 0.2) is 0 Å². The van der Waals surface area contributed by atoms with Crippen LogP contribution in [-0.4, -0.2) is 45.2 Å². The molecule has 0 N–H and O–H groups in total. The molecule has 0 radical (unpaired) electrons. The van der Waals surface area contributed by atoms with Gasteiger partial charge in [-0.25, -0.2) is 4.79 Å². The third kappa shape index (κ3) is 2.51. The van der Waals surface area contributed by atoms with E-state index in [1.54, 1.807) is 7.11 Å². The number of hydrogen-bond acceptors (Lipinski definition) is 5. The van der Waals surface area contributed by atoms with Crippen molar-refractivity contribution >= 4 is 17.3 Å². The van der Waals surface area contributed by atoms with Crippen LogP contribution in [0.2, 0.25) is 0 Å². The summed E-state index contributed by atoms with van der Waals surface area (Å²) in [6.07, 6.45) is 1.01. The maximum atomic E-state index is 11.5. The number of methoxy groups -OCH3 is 2. The van der Waals surface area contributed by atoms with Gasteiger partial charge in [-0.1, -0.05) is 0 Å². The van der Waals surface area contributed by atoms with Crippen LogP contribution in [0.4, 0.5) is 0 Å². The van der Waals surface area contributed by atoms with E-state index in [-0.39, 0.29) is 12.1 Å². The Hall–Kier alpha value is -0.910. The van der Waals surface area contributed by atoms with Gasteiger partial charge in [0.2, 0.25) is 0 Å². The molecule has 1 atom stereocenters. The van der Waals surface area contributed by atoms with Crippen molar-refractivity contribution in [3.8, 4) is 0 Å². The van der Waals surface area contributed by atoms with Gasteiger partial charge in [0.05, 0.1) is 13.2 Å². The Labute approximate surface area is 105 Å². The van der Waals surface area contributed by atoms with E-state index < -0.39 is 0 Å². The third-order valence-corrected chi connectivity index (χ3v) is 4.25. The number of carbonyl (C=O) groups is 1. The topological polar surface area (TPSA) is 38.8 Å². The summed E-state index contributed by atoms with van der Waals surface area (Å²) in [5.41, 5.74) is 1.14. The Bertz CT molecular complexity index is 416. The highest BCUT2D eigenvalue weighted by molar-refractivity contribution is 7.14. The Balaban J connectivity index is 2.33. The SMILES string of the molecule is COC(=O)c1cc2c(s1)CCN(C)C[C@@H]2OC. The van der Waals surface area contributed by atoms with Crippen LogP contribution < -0.4 is 0 Å². The minimum Gasteiger partial charge on any atom is -0.465 e. The van der Waals surface area contributed by atoms with E-state index >= 15 is 0 Å². The lowest BCUT2D eigenvalue weighted by Crippen LogP contribution is -2.24. The fraction of sp³-hybridized carbons (Fsp3) is 0.583. The maximum absolute atomic E-state index is 11.5. The van der Waals surface area contributed by atoms with Crippen LogP contribution in [0.5, 0.6) is 0 Å². The quantitative estimate of drug-likeness (QED) is 0.754. The highest BCUT2D eigenvalue weighted by Crippen LogP contribution is 2.32. The molecule has 4 nitrogen and oxygen atoms in total. The average molecular weight is 255 g/mol. The van der Waals surface area contributed by atoms with E-state index in [1.165, 1.54) is 23.3 Å². The molecule has 1 aromatic rings. The van der Waals surface area contributed by atoms with Gasteiger partial charge >= 0.3 is 5.97 Å². The standard InChI is InChI=1S/C12H17NO3S/c1-13-5-4-10-8(9(7-13)15-2)6-11(17-10)12(14)16-3/h6,9H,4-5,7H2,1-3H3/t9-/m0/s1. The van der Waals surface area contributed by atoms with Crippen molar-refractivity contribution in [1.82, 2.24) is 4.90 Å². The smallest absolute Gasteiger partial charge is 0.348 e. The monoisotopic (exact) mass is 255 g/mol. The molecule has 1 aliphatic rings. The molecule has 0 unspecified atom stereocenters. The first-order valence-corrected chi connectivity index (χ1v) is 6.39. The van der Waals surface area contributed by atoms with Crippen LogP contribution in [0.1, 0.15) is 26.2 Å². The van der Waals surface area contributed by atoms with Gasteiger partial charge in [-0.2, -0.15) is 0 Å². The van der Waals surface area contributed by atoms with Crippen LogP contribution >= 0.6 is 11.3 Å². The van der Waals surface area contributed by atoms with E-state index in [9.17, 15) is 4.79 Å². The van der Waals surface area contributed by atoms with E-state index in [1.807, 2.05) is 6.07 Å². The summed E-state index contributed by atoms with van der Waals surface area (Å²) in [7, 11) is 5.21. The zero-order chi connectivity index (χ0) is 12.4. The minimum absolute atomic E-state index is 0.0483. The van der Waals surface area contributed by atoms with Crippen molar-refractivity contribution in [2.24, 2.45) is 0 Å². The molecule has 1 aliphatic heterocycles. The second-order valence-electron chi connectivity index (χ2n) is 4.22. The Kier molecular flexibility index (Phi) is 3.81. The minimum atomic E-state index is -0.258. The summed E-state index contributed by atoms with van der Waals surface area (Å²) < 4.78 is 10.3. The molecule has 0 saturated carbocycles. The Morgan fingerprint density at radius 3 is 2.94 bits per heavy atom. The zero-order valence-corrected chi connectivity index (χ0v) is 11.2. The van der Waals surface area contributed by atoms with Crippen molar-refractivity contribution in [2.75, 3.05) is 34.4 Å². The number of thiophene rings is 1. The molecule has 1 aromatic heterocycles. The van der Waals surface area contributed by atoms with Gasteiger partial charge in [-0.15, -0.1) is 11.3 Å². The first-order valence-electron chi connectivity index (χ1n) is 5.58. The van der Waals surface area contributed by atoms with Gasteiger partial charge in [-0.3, -0.25) is 0 Å². The zero-order valence-electron chi connectivity index (χ0n) is 10.4. The lowest BCUT2D eigenvalue weighted by molar-refractivity contribution is 0.0605. The summed E-state index contributed by atoms with van der Waals surface area (Å²) in [4.78, 5) is 15.7. The third-order valence-electron chi connectivity index (χ3n) is 3.06. The molecule has 0 aliphatic carbocycles. The molecule has 0 bridgehead atoms. The Morgan fingerprint density at radius 2 is 2.29 bits per heavy atom. The maximum Gasteiger partial charge on any atom is 0.348 e. The molecule has 0 aromatic carbocycles. The molecule has 2 heterocycles. The van der Waals surface area contributed by atoms with E-state index in [4.69, 9.17) is 9.47 Å². The fourth-order valence-corrected chi connectivity index (χ4v) is 3.20. The molecule has 0 amide bonds. The lowest BCUT2D eigenvalue weighted by atomic mass is 10.1. The predicted octanol–water partition coefficient (Wildman–Crippen LogP) is 1.71. The molecule has 0 spiro atoms. The van der Waals surface area contributed by atoms with Crippen LogP contribution in [0, 0.1) is 0 Å². The molecule has 17 heavy (non-hydrogen) atoms. The second-order valence-corrected chi connectivity index (χ2v) is 5.35. The van der Waals surface area contributed by atoms with Crippen molar-refractivity contribution in [2.45, 2.75) is 12.5 Å². The van der Waals surface area contributed by atoms with Crippen LogP contribution in [0.3, 0.4) is 0 Å². The summed E-state index contributed by atoms with van der Waals surface area (Å²) in [5, 5.41) is 0. The van der Waals surface area contributed by atoms with Crippen molar-refractivity contribution in [1.29, 1.82) is 0 Å². The van der Waals surface area contributed by atoms with Gasteiger partial charge in [-0.05, 0) is 25.1 Å². The first kappa shape index (κ1) is 12.5. The number of rotatable bonds is 2. The van der Waals surface area contributed by atoms with Gasteiger partial charge in [0, 0.05) is 25.1 Å². The molecular weight excluding hydrogens is 238 g/mol. The predicted molar refractivity (Wildman–Crippen MR) is 66.6 cm³/mol. The molecular formula is C12H17NO3S. The highest BCUT2D eigenvalue weighted by Gasteiger charge is 2.25. The molecule has 94 valence electrons. The lowest BCUT2D eigenvalue weighted by Gasteiger charge is -2.18. The number of hydrogen-bond donors (Lipinski definition) is 0. The summed E-state index contributed by atoms with van der Waals surface area (Å²) >= 11 is 1.52. The summed E-state index contributed by atoms with van der Waals surface area (Å²) in [6.45, 7) is 1.86. The first-order chi connectivity index (χ1) is 8.15. The van der Waals surface area contributed by atoms with Gasteiger partial charge in [0.1, 0.15) is 4.88 Å². The van der Waals surface area contributed by atoms with Crippen LogP contribution in [-0.2, 0) is 15.9 Å². The number of carbonyl (C=O) groups excluding carboxylic acids is 1. The molecule has 2 rings (SSSR count). The summed E-state index contributed by atoms with van der Waals surface area (Å²) in [5.74, 6) is -0.258. The molecule has 0 fully saturated rings. The number of likely N-dealkylation sites (N-methyl/N-ethyl adjacent to an activating group) is 1. The Morgan fingerprint density at radius 1 is 1.53 bits per heavy atom. The number of nitrogens with zero attached hydrogens (tertiary/aromatic N) is 1. The van der Waals surface area contributed by atoms with Crippen LogP contribution in [0.15, 0.2) is 6.07 Å². The number of ether oxygens (including phenoxy) is 2. The van der Waals surface area contributed by atoms with Crippen molar-refractivity contribution < 1.29 is 14.3 Å². The van der Waals surface area contributed by atoms with E-state index in [0.29, 0.717) is 4.88 Å². The number of esters is 1. The normalized spacial score (nSPS) is 20.8. The van der Waals surface area contributed by atoms with Gasteiger partial charge in [0.25, 0.3) is 0 Å². The fourth-order valence-electron chi connectivity index (χ4n) is 2.08. The second kappa shape index (κ2) is 5.16. The average Bonchev–Trinajstić information content (AvgIpc) is 2.70. The van der Waals surface area contributed by atoms with Crippen LogP contribution in [0.25, 0.3) is 0 Å². The van der Waals surface area contributed by atoms with Gasteiger partial charge < -0.3 is 14.4 Å². The largest absolute Gasteiger partial charge is 0.465 e. The van der Waals surface area contributed by atoms with E-state index in [0.717, 1.165) is 25.1 Å². The number of fused-ring (bicyclic) bond motifs is 1. The van der Waals surface area contributed by atoms with E-state index in [2.05, 4.69) is 11.9 Å².